The first-order chi connectivity index (χ1) is 14.7. The second kappa shape index (κ2) is 7.95. The van der Waals surface area contributed by atoms with Crippen molar-refractivity contribution in [2.24, 2.45) is 0 Å². The average Bonchev–Trinajstić information content (AvgIpc) is 3.35. The fourth-order valence-corrected chi connectivity index (χ4v) is 6.30. The Balaban J connectivity index is 1.48. The molecule has 1 aromatic carbocycles. The van der Waals surface area contributed by atoms with Gasteiger partial charge in [0, 0.05) is 28.9 Å². The zero-order valence-corrected chi connectivity index (χ0v) is 18.6. The molecular weight excluding hydrogens is 390 g/mol. The second-order valence-electron chi connectivity index (χ2n) is 8.49. The molecule has 0 spiro atoms. The molecule has 0 fully saturated rings. The van der Waals surface area contributed by atoms with E-state index in [2.05, 4.69) is 71.2 Å². The summed E-state index contributed by atoms with van der Waals surface area (Å²) < 4.78 is 2.35. The summed E-state index contributed by atoms with van der Waals surface area (Å²) in [7, 11) is 0. The van der Waals surface area contributed by atoms with Gasteiger partial charge in [-0.3, -0.25) is 0 Å². The standard InChI is InChI=1S/C25H29N3OS/c1-3-21-22-8-6-14-27(22)24-20(19-7-4-5-9-23(19)30-24)16-28(21)25(29)26-15-18-12-10-17(2)11-13-18/h6,8,10-14,21H,3-5,7,9,15-16H2,1-2H3,(H,26,29)/t21-/m0/s1. The second-order valence-corrected chi connectivity index (χ2v) is 9.58. The summed E-state index contributed by atoms with van der Waals surface area (Å²) in [6, 6.07) is 12.8. The predicted molar refractivity (Wildman–Crippen MR) is 122 cm³/mol. The fraction of sp³-hybridized carbons (Fsp3) is 0.400. The predicted octanol–water partition coefficient (Wildman–Crippen LogP) is 5.90. The minimum atomic E-state index is 0.0267. The number of fused-ring (bicyclic) bond motifs is 5. The first-order valence-electron chi connectivity index (χ1n) is 11.1. The molecule has 3 heterocycles. The van der Waals surface area contributed by atoms with E-state index < -0.39 is 0 Å². The first-order valence-corrected chi connectivity index (χ1v) is 11.9. The molecule has 5 heteroatoms. The van der Waals surface area contributed by atoms with Crippen molar-refractivity contribution in [2.45, 2.75) is 65.1 Å². The number of hydrogen-bond acceptors (Lipinski definition) is 2. The van der Waals surface area contributed by atoms with Crippen molar-refractivity contribution < 1.29 is 4.79 Å². The molecule has 156 valence electrons. The van der Waals surface area contributed by atoms with Gasteiger partial charge < -0.3 is 14.8 Å². The zero-order valence-electron chi connectivity index (χ0n) is 17.8. The number of nitrogens with one attached hydrogen (secondary N) is 1. The number of aryl methyl sites for hydroxylation is 2. The quantitative estimate of drug-likeness (QED) is 0.564. The third kappa shape index (κ3) is 3.35. The van der Waals surface area contributed by atoms with Crippen molar-refractivity contribution in [3.8, 4) is 5.00 Å². The number of nitrogens with zero attached hydrogens (tertiary/aromatic N) is 2. The number of aromatic nitrogens is 1. The smallest absolute Gasteiger partial charge is 0.318 e. The molecule has 0 saturated carbocycles. The van der Waals surface area contributed by atoms with E-state index in [0.717, 1.165) is 18.4 Å². The molecule has 3 aromatic rings. The van der Waals surface area contributed by atoms with Gasteiger partial charge in [-0.25, -0.2) is 4.79 Å². The van der Waals surface area contributed by atoms with Crippen LogP contribution in [0.1, 0.15) is 65.1 Å². The van der Waals surface area contributed by atoms with Gasteiger partial charge >= 0.3 is 6.03 Å². The van der Waals surface area contributed by atoms with Crippen molar-refractivity contribution in [1.29, 1.82) is 0 Å². The minimum Gasteiger partial charge on any atom is -0.334 e. The average molecular weight is 420 g/mol. The van der Waals surface area contributed by atoms with Crippen LogP contribution in [0, 0.1) is 6.92 Å². The van der Waals surface area contributed by atoms with Gasteiger partial charge in [-0.1, -0.05) is 36.8 Å². The highest BCUT2D eigenvalue weighted by molar-refractivity contribution is 7.15. The lowest BCUT2D eigenvalue weighted by atomic mass is 9.95. The van der Waals surface area contributed by atoms with Gasteiger partial charge in [-0.05, 0) is 62.3 Å². The van der Waals surface area contributed by atoms with Gasteiger partial charge in [0.25, 0.3) is 0 Å². The maximum atomic E-state index is 13.4. The Hall–Kier alpha value is -2.53. The van der Waals surface area contributed by atoms with E-state index in [-0.39, 0.29) is 12.1 Å². The largest absolute Gasteiger partial charge is 0.334 e. The molecule has 1 aliphatic carbocycles. The summed E-state index contributed by atoms with van der Waals surface area (Å²) in [5, 5.41) is 4.52. The van der Waals surface area contributed by atoms with Gasteiger partial charge in [-0.15, -0.1) is 11.3 Å². The van der Waals surface area contributed by atoms with E-state index >= 15 is 0 Å². The number of thiophene rings is 1. The third-order valence-corrected chi connectivity index (χ3v) is 7.85. The van der Waals surface area contributed by atoms with Crippen LogP contribution >= 0.6 is 11.3 Å². The van der Waals surface area contributed by atoms with Crippen LogP contribution in [0.2, 0.25) is 0 Å². The Morgan fingerprint density at radius 1 is 1.13 bits per heavy atom. The van der Waals surface area contributed by atoms with E-state index in [1.807, 2.05) is 11.3 Å². The molecule has 2 amide bonds. The van der Waals surface area contributed by atoms with E-state index in [9.17, 15) is 4.79 Å². The molecule has 0 saturated heterocycles. The Morgan fingerprint density at radius 2 is 1.93 bits per heavy atom. The summed E-state index contributed by atoms with van der Waals surface area (Å²) >= 11 is 1.94. The Bertz CT molecular complexity index is 1060. The minimum absolute atomic E-state index is 0.0267. The summed E-state index contributed by atoms with van der Waals surface area (Å²) in [5.41, 5.74) is 6.47. The third-order valence-electron chi connectivity index (χ3n) is 6.52. The lowest BCUT2D eigenvalue weighted by Gasteiger charge is -2.30. The lowest BCUT2D eigenvalue weighted by Crippen LogP contribution is -2.41. The number of benzene rings is 1. The topological polar surface area (TPSA) is 37.3 Å². The number of carbonyl (C=O) groups is 1. The molecular formula is C25H29N3OS. The zero-order chi connectivity index (χ0) is 20.7. The van der Waals surface area contributed by atoms with Crippen LogP contribution in [0.25, 0.3) is 5.00 Å². The van der Waals surface area contributed by atoms with E-state index in [1.54, 1.807) is 0 Å². The maximum Gasteiger partial charge on any atom is 0.318 e. The summed E-state index contributed by atoms with van der Waals surface area (Å²) in [5.74, 6) is 0. The highest BCUT2D eigenvalue weighted by atomic mass is 32.1. The fourth-order valence-electron chi connectivity index (χ4n) is 4.89. The lowest BCUT2D eigenvalue weighted by molar-refractivity contribution is 0.167. The van der Waals surface area contributed by atoms with Crippen LogP contribution in [0.4, 0.5) is 4.79 Å². The van der Waals surface area contributed by atoms with Crippen LogP contribution in [0.3, 0.4) is 0 Å². The van der Waals surface area contributed by atoms with Crippen molar-refractivity contribution in [2.75, 3.05) is 0 Å². The number of rotatable bonds is 3. The molecule has 1 atom stereocenters. The Labute approximate surface area is 182 Å². The maximum absolute atomic E-state index is 13.4. The molecule has 2 aromatic heterocycles. The van der Waals surface area contributed by atoms with Gasteiger partial charge in [-0.2, -0.15) is 0 Å². The van der Waals surface area contributed by atoms with E-state index in [0.29, 0.717) is 13.1 Å². The van der Waals surface area contributed by atoms with Gasteiger partial charge in [0.15, 0.2) is 0 Å². The normalized spacial score (nSPS) is 17.7. The van der Waals surface area contributed by atoms with Crippen LogP contribution in [-0.2, 0) is 25.9 Å². The molecule has 2 aliphatic rings. The molecule has 0 radical (unpaired) electrons. The summed E-state index contributed by atoms with van der Waals surface area (Å²) in [4.78, 5) is 17.0. The van der Waals surface area contributed by atoms with Crippen molar-refractivity contribution in [1.82, 2.24) is 14.8 Å². The number of amides is 2. The van der Waals surface area contributed by atoms with Crippen LogP contribution in [0.5, 0.6) is 0 Å². The van der Waals surface area contributed by atoms with Crippen LogP contribution in [0.15, 0.2) is 42.6 Å². The Morgan fingerprint density at radius 3 is 2.73 bits per heavy atom. The SMILES string of the molecule is CC[C@H]1c2cccn2-c2sc3c(c2CN1C(=O)NCc1ccc(C)cc1)CCCC3. The van der Waals surface area contributed by atoms with Gasteiger partial charge in [0.05, 0.1) is 12.6 Å². The van der Waals surface area contributed by atoms with E-state index in [1.165, 1.54) is 51.5 Å². The molecule has 4 nitrogen and oxygen atoms in total. The van der Waals surface area contributed by atoms with Crippen molar-refractivity contribution >= 4 is 17.4 Å². The van der Waals surface area contributed by atoms with Crippen LogP contribution < -0.4 is 5.32 Å². The molecule has 30 heavy (non-hydrogen) atoms. The highest BCUT2D eigenvalue weighted by Gasteiger charge is 2.34. The molecule has 1 aliphatic heterocycles. The van der Waals surface area contributed by atoms with Gasteiger partial charge in [0.2, 0.25) is 0 Å². The number of urea groups is 1. The van der Waals surface area contributed by atoms with Crippen molar-refractivity contribution in [3.63, 3.8) is 0 Å². The molecule has 1 N–H and O–H groups in total. The van der Waals surface area contributed by atoms with Crippen molar-refractivity contribution in [3.05, 3.63) is 75.4 Å². The van der Waals surface area contributed by atoms with Gasteiger partial charge in [0.1, 0.15) is 5.00 Å². The first kappa shape index (κ1) is 19.4. The highest BCUT2D eigenvalue weighted by Crippen LogP contribution is 2.42. The monoisotopic (exact) mass is 419 g/mol. The Kier molecular flexibility index (Phi) is 5.15. The van der Waals surface area contributed by atoms with Crippen LogP contribution in [-0.4, -0.2) is 15.5 Å². The number of carbonyl (C=O) groups excluding carboxylic acids is 1. The summed E-state index contributed by atoms with van der Waals surface area (Å²) in [6.07, 6.45) is 7.94. The number of hydrogen-bond donors (Lipinski definition) is 1. The molecule has 5 rings (SSSR count). The molecule has 0 unspecified atom stereocenters. The molecule has 0 bridgehead atoms. The van der Waals surface area contributed by atoms with E-state index in [4.69, 9.17) is 0 Å². The summed E-state index contributed by atoms with van der Waals surface area (Å²) in [6.45, 7) is 5.51.